The molecule has 0 aromatic carbocycles. The van der Waals surface area contributed by atoms with Crippen LogP contribution in [-0.2, 0) is 5.11 Å². The highest BCUT2D eigenvalue weighted by Gasteiger charge is 1.93. The Morgan fingerprint density at radius 2 is 2.57 bits per heavy atom. The maximum absolute atomic E-state index is 10.0. The van der Waals surface area contributed by atoms with E-state index in [9.17, 15) is 5.11 Å². The van der Waals surface area contributed by atoms with E-state index < -0.39 is 6.08 Å². The Bertz CT molecular complexity index is 142. The Morgan fingerprint density at radius 3 is 2.71 bits per heavy atom. The molecule has 0 spiro atoms. The van der Waals surface area contributed by atoms with Crippen LogP contribution in [0.5, 0.6) is 6.08 Å². The van der Waals surface area contributed by atoms with Crippen molar-refractivity contribution >= 4 is 0 Å². The van der Waals surface area contributed by atoms with E-state index in [1.54, 1.807) is 6.92 Å². The lowest BCUT2D eigenvalue weighted by Crippen LogP contribution is -1.62. The van der Waals surface area contributed by atoms with Crippen LogP contribution in [0.1, 0.15) is 5.69 Å². The molecule has 0 saturated heterocycles. The van der Waals surface area contributed by atoms with E-state index in [0.717, 1.165) is 0 Å². The Morgan fingerprint density at radius 1 is 1.86 bits per heavy atom. The molecule has 0 aliphatic carbocycles. The first-order valence-corrected chi connectivity index (χ1v) is 1.88. The minimum Gasteiger partial charge on any atom is -0.415 e. The SMILES string of the molecule is Cc1coc([O])n1. The standard InChI is InChI=1S/C4H4NO2/c1-3-2-7-4(6)5-3/h2H,1H3. The van der Waals surface area contributed by atoms with Gasteiger partial charge in [0.1, 0.15) is 6.26 Å². The van der Waals surface area contributed by atoms with Gasteiger partial charge in [0.25, 0.3) is 0 Å². The molecule has 0 aliphatic heterocycles. The second kappa shape index (κ2) is 1.26. The molecule has 0 fully saturated rings. The average molecular weight is 98.1 g/mol. The van der Waals surface area contributed by atoms with E-state index in [1.165, 1.54) is 6.26 Å². The second-order valence-corrected chi connectivity index (χ2v) is 1.25. The van der Waals surface area contributed by atoms with Crippen molar-refractivity contribution in [1.82, 2.24) is 4.98 Å². The van der Waals surface area contributed by atoms with Gasteiger partial charge in [-0.25, -0.2) is 5.11 Å². The smallest absolute Gasteiger partial charge is 0.415 e. The van der Waals surface area contributed by atoms with E-state index in [0.29, 0.717) is 5.69 Å². The first-order chi connectivity index (χ1) is 3.29. The quantitative estimate of drug-likeness (QED) is 0.488. The fourth-order valence-electron chi connectivity index (χ4n) is 0.332. The predicted octanol–water partition coefficient (Wildman–Crippen LogP) is 1.13. The number of rotatable bonds is 0. The van der Waals surface area contributed by atoms with Crippen LogP contribution >= 0.6 is 0 Å². The molecule has 1 aromatic rings. The lowest BCUT2D eigenvalue weighted by Gasteiger charge is -1.63. The van der Waals surface area contributed by atoms with Gasteiger partial charge in [-0.05, 0) is 6.92 Å². The number of aromatic nitrogens is 1. The highest BCUT2D eigenvalue weighted by molar-refractivity contribution is 4.93. The Labute approximate surface area is 40.6 Å². The molecule has 1 aromatic heterocycles. The van der Waals surface area contributed by atoms with Gasteiger partial charge in [0, 0.05) is 0 Å². The summed E-state index contributed by atoms with van der Waals surface area (Å²) in [6.45, 7) is 1.70. The molecule has 0 amide bonds. The van der Waals surface area contributed by atoms with Crippen molar-refractivity contribution in [1.29, 1.82) is 0 Å². The fourth-order valence-corrected chi connectivity index (χ4v) is 0.332. The van der Waals surface area contributed by atoms with Gasteiger partial charge in [-0.1, -0.05) is 0 Å². The van der Waals surface area contributed by atoms with E-state index in [-0.39, 0.29) is 0 Å². The summed E-state index contributed by atoms with van der Waals surface area (Å²) in [6, 6.07) is 0. The Kier molecular flexibility index (Phi) is 0.749. The zero-order valence-corrected chi connectivity index (χ0v) is 3.84. The summed E-state index contributed by atoms with van der Waals surface area (Å²) in [4.78, 5) is 3.39. The second-order valence-electron chi connectivity index (χ2n) is 1.25. The van der Waals surface area contributed by atoms with Crippen LogP contribution in [0.4, 0.5) is 0 Å². The molecule has 0 bridgehead atoms. The summed E-state index contributed by atoms with van der Waals surface area (Å²) in [6.07, 6.45) is 0.806. The molecule has 0 unspecified atom stereocenters. The van der Waals surface area contributed by atoms with Gasteiger partial charge in [0.15, 0.2) is 0 Å². The molecule has 0 saturated carbocycles. The Balaban J connectivity index is 3.04. The topological polar surface area (TPSA) is 45.9 Å². The molecular formula is C4H4NO2. The van der Waals surface area contributed by atoms with Gasteiger partial charge in [0.05, 0.1) is 5.69 Å². The molecule has 7 heavy (non-hydrogen) atoms. The highest BCUT2D eigenvalue weighted by atomic mass is 16.5. The van der Waals surface area contributed by atoms with Gasteiger partial charge in [-0.3, -0.25) is 0 Å². The van der Waals surface area contributed by atoms with E-state index in [2.05, 4.69) is 9.40 Å². The molecular weight excluding hydrogens is 94.0 g/mol. The normalized spacial score (nSPS) is 9.29. The number of hydrogen-bond donors (Lipinski definition) is 0. The highest BCUT2D eigenvalue weighted by Crippen LogP contribution is 2.05. The van der Waals surface area contributed by atoms with Crippen LogP contribution in [0.2, 0.25) is 0 Å². The zero-order chi connectivity index (χ0) is 5.28. The summed E-state index contributed by atoms with van der Waals surface area (Å²) >= 11 is 0. The monoisotopic (exact) mass is 98.0 g/mol. The van der Waals surface area contributed by atoms with Crippen LogP contribution < -0.4 is 0 Å². The molecule has 0 N–H and O–H groups in total. The van der Waals surface area contributed by atoms with Crippen molar-refractivity contribution in [2.75, 3.05) is 0 Å². The molecule has 1 heterocycles. The first kappa shape index (κ1) is 4.18. The van der Waals surface area contributed by atoms with E-state index in [1.807, 2.05) is 0 Å². The third-order valence-electron chi connectivity index (χ3n) is 0.598. The fraction of sp³-hybridized carbons (Fsp3) is 0.250. The van der Waals surface area contributed by atoms with Crippen molar-refractivity contribution < 1.29 is 9.52 Å². The number of nitrogens with zero attached hydrogens (tertiary/aromatic N) is 1. The third kappa shape index (κ3) is 0.707. The minimum atomic E-state index is -0.516. The van der Waals surface area contributed by atoms with Crippen molar-refractivity contribution in [3.8, 4) is 6.08 Å². The van der Waals surface area contributed by atoms with Gasteiger partial charge < -0.3 is 4.42 Å². The van der Waals surface area contributed by atoms with Crippen molar-refractivity contribution in [3.05, 3.63) is 12.0 Å². The number of aryl methyl sites for hydroxylation is 1. The van der Waals surface area contributed by atoms with Gasteiger partial charge in [-0.2, -0.15) is 4.98 Å². The predicted molar refractivity (Wildman–Crippen MR) is 21.4 cm³/mol. The minimum absolute atomic E-state index is 0.516. The largest absolute Gasteiger partial charge is 0.438 e. The van der Waals surface area contributed by atoms with Crippen LogP contribution in [0.25, 0.3) is 0 Å². The van der Waals surface area contributed by atoms with Crippen molar-refractivity contribution in [2.45, 2.75) is 6.92 Å². The van der Waals surface area contributed by atoms with Gasteiger partial charge in [0.2, 0.25) is 0 Å². The lowest BCUT2D eigenvalue weighted by atomic mass is 10.6. The molecule has 0 aliphatic rings. The number of oxazole rings is 1. The van der Waals surface area contributed by atoms with Crippen molar-refractivity contribution in [2.24, 2.45) is 0 Å². The molecule has 37 valence electrons. The van der Waals surface area contributed by atoms with Crippen LogP contribution in [0.15, 0.2) is 10.7 Å². The molecule has 3 nitrogen and oxygen atoms in total. The van der Waals surface area contributed by atoms with Crippen molar-refractivity contribution in [3.63, 3.8) is 0 Å². The lowest BCUT2D eigenvalue weighted by molar-refractivity contribution is 0.237. The first-order valence-electron chi connectivity index (χ1n) is 1.88. The summed E-state index contributed by atoms with van der Waals surface area (Å²) in [7, 11) is 0. The Hall–Kier alpha value is -0.990. The van der Waals surface area contributed by atoms with Gasteiger partial charge in [-0.15, -0.1) is 0 Å². The molecule has 3 heteroatoms. The van der Waals surface area contributed by atoms with Crippen LogP contribution in [0.3, 0.4) is 0 Å². The maximum Gasteiger partial charge on any atom is 0.438 e. The van der Waals surface area contributed by atoms with Crippen LogP contribution in [0, 0.1) is 6.92 Å². The number of hydrogen-bond acceptors (Lipinski definition) is 2. The summed E-state index contributed by atoms with van der Waals surface area (Å²) in [5, 5.41) is 10.0. The van der Waals surface area contributed by atoms with E-state index in [4.69, 9.17) is 0 Å². The summed E-state index contributed by atoms with van der Waals surface area (Å²) in [5.41, 5.74) is 0.630. The molecule has 1 radical (unpaired) electrons. The maximum atomic E-state index is 10.0. The zero-order valence-electron chi connectivity index (χ0n) is 3.84. The molecule has 0 atom stereocenters. The average Bonchev–Trinajstić information content (AvgIpc) is 1.87. The molecule has 1 rings (SSSR count). The van der Waals surface area contributed by atoms with Gasteiger partial charge >= 0.3 is 6.08 Å². The third-order valence-corrected chi connectivity index (χ3v) is 0.598. The summed E-state index contributed by atoms with van der Waals surface area (Å²) in [5.74, 6) is 0. The van der Waals surface area contributed by atoms with Crippen LogP contribution in [-0.4, -0.2) is 4.98 Å². The van der Waals surface area contributed by atoms with E-state index >= 15 is 0 Å². The summed E-state index contributed by atoms with van der Waals surface area (Å²) < 4.78 is 4.30.